The topological polar surface area (TPSA) is 22.0 Å². The molecule has 0 bridgehead atoms. The summed E-state index contributed by atoms with van der Waals surface area (Å²) in [5.74, 6) is 0.692. The van der Waals surface area contributed by atoms with E-state index in [9.17, 15) is 4.79 Å². The summed E-state index contributed by atoms with van der Waals surface area (Å²) in [5, 5.41) is 0. The molecule has 2 heteroatoms. The number of rotatable bonds is 1. The number of aryl methyl sites for hydroxylation is 1. The molecule has 19 heavy (non-hydrogen) atoms. The second-order valence-corrected chi connectivity index (χ2v) is 5.69. The molecule has 0 spiro atoms. The Kier molecular flexibility index (Phi) is 2.37. The zero-order chi connectivity index (χ0) is 12.8. The molecule has 96 valence electrons. The van der Waals surface area contributed by atoms with Gasteiger partial charge in [-0.25, -0.2) is 0 Å². The smallest absolute Gasteiger partial charge is 0.165 e. The van der Waals surface area contributed by atoms with E-state index in [1.165, 1.54) is 23.4 Å². The molecule has 1 aliphatic carbocycles. The Bertz CT molecular complexity index is 639. The second-order valence-electron chi connectivity index (χ2n) is 5.69. The third-order valence-electron chi connectivity index (χ3n) is 4.55. The van der Waals surface area contributed by atoms with Crippen LogP contribution < -0.4 is 0 Å². The maximum absolute atomic E-state index is 12.4. The monoisotopic (exact) mass is 251 g/mol. The van der Waals surface area contributed by atoms with Crippen LogP contribution in [-0.4, -0.2) is 10.4 Å². The van der Waals surface area contributed by atoms with Gasteiger partial charge < -0.3 is 4.57 Å². The van der Waals surface area contributed by atoms with Crippen LogP contribution >= 0.6 is 0 Å². The van der Waals surface area contributed by atoms with E-state index < -0.39 is 0 Å². The van der Waals surface area contributed by atoms with Gasteiger partial charge in [-0.1, -0.05) is 30.3 Å². The van der Waals surface area contributed by atoms with Crippen molar-refractivity contribution in [1.82, 2.24) is 4.57 Å². The van der Waals surface area contributed by atoms with Crippen molar-refractivity contribution in [2.45, 2.75) is 38.1 Å². The lowest BCUT2D eigenvalue weighted by Crippen LogP contribution is -2.20. The van der Waals surface area contributed by atoms with Crippen LogP contribution in [0.25, 0.3) is 0 Å². The van der Waals surface area contributed by atoms with Gasteiger partial charge in [0.2, 0.25) is 0 Å². The van der Waals surface area contributed by atoms with Crippen LogP contribution in [0.4, 0.5) is 0 Å². The minimum absolute atomic E-state index is 0.331. The van der Waals surface area contributed by atoms with E-state index in [2.05, 4.69) is 34.9 Å². The van der Waals surface area contributed by atoms with Crippen molar-refractivity contribution in [3.05, 3.63) is 58.9 Å². The Labute approximate surface area is 113 Å². The quantitative estimate of drug-likeness (QED) is 0.762. The predicted octanol–water partition coefficient (Wildman–Crippen LogP) is 3.35. The molecule has 4 rings (SSSR count). The highest BCUT2D eigenvalue weighted by Gasteiger charge is 2.31. The van der Waals surface area contributed by atoms with Crippen molar-refractivity contribution < 1.29 is 4.79 Å². The largest absolute Gasteiger partial charge is 0.348 e. The lowest BCUT2D eigenvalue weighted by molar-refractivity contribution is 0.0963. The molecule has 0 N–H and O–H groups in total. The number of carbonyl (C=O) groups is 1. The maximum Gasteiger partial charge on any atom is 0.165 e. The zero-order valence-electron chi connectivity index (χ0n) is 10.9. The van der Waals surface area contributed by atoms with Crippen LogP contribution in [0.5, 0.6) is 0 Å². The zero-order valence-corrected chi connectivity index (χ0v) is 10.9. The molecule has 2 heterocycles. The van der Waals surface area contributed by atoms with Crippen LogP contribution in [0.3, 0.4) is 0 Å². The van der Waals surface area contributed by atoms with E-state index in [1.54, 1.807) is 0 Å². The summed E-state index contributed by atoms with van der Waals surface area (Å²) in [6.45, 7) is 1.10. The molecule has 0 radical (unpaired) electrons. The fraction of sp³-hybridized carbons (Fsp3) is 0.353. The van der Waals surface area contributed by atoms with Crippen LogP contribution in [0.2, 0.25) is 0 Å². The molecular weight excluding hydrogens is 234 g/mol. The average molecular weight is 251 g/mol. The van der Waals surface area contributed by atoms with Crippen molar-refractivity contribution in [3.63, 3.8) is 0 Å². The molecule has 0 fully saturated rings. The summed E-state index contributed by atoms with van der Waals surface area (Å²) < 4.78 is 2.39. The van der Waals surface area contributed by atoms with Crippen molar-refractivity contribution in [2.24, 2.45) is 0 Å². The summed E-state index contributed by atoms with van der Waals surface area (Å²) in [4.78, 5) is 12.4. The molecule has 2 aromatic rings. The van der Waals surface area contributed by atoms with Gasteiger partial charge in [-0.15, -0.1) is 0 Å². The van der Waals surface area contributed by atoms with E-state index in [1.807, 2.05) is 6.07 Å². The molecule has 1 aromatic carbocycles. The fourth-order valence-corrected chi connectivity index (χ4v) is 3.61. The van der Waals surface area contributed by atoms with Crippen molar-refractivity contribution >= 4 is 5.78 Å². The van der Waals surface area contributed by atoms with Crippen molar-refractivity contribution in [3.8, 4) is 0 Å². The van der Waals surface area contributed by atoms with E-state index in [-0.39, 0.29) is 0 Å². The molecule has 0 amide bonds. The van der Waals surface area contributed by atoms with Crippen molar-refractivity contribution in [1.29, 1.82) is 0 Å². The predicted molar refractivity (Wildman–Crippen MR) is 74.6 cm³/mol. The first-order valence-corrected chi connectivity index (χ1v) is 7.12. The summed E-state index contributed by atoms with van der Waals surface area (Å²) in [5.41, 5.74) is 4.96. The molecule has 1 unspecified atom stereocenters. The highest BCUT2D eigenvalue weighted by Crippen LogP contribution is 2.36. The Morgan fingerprint density at radius 3 is 2.79 bits per heavy atom. The number of Topliss-reactive ketones (excluding diaryl/α,β-unsaturated/α-hetero) is 1. The third kappa shape index (κ3) is 1.66. The fourth-order valence-electron chi connectivity index (χ4n) is 3.61. The van der Waals surface area contributed by atoms with Gasteiger partial charge in [0.05, 0.1) is 0 Å². The number of hydrogen-bond acceptors (Lipinski definition) is 1. The average Bonchev–Trinajstić information content (AvgIpc) is 3.01. The first-order valence-electron chi connectivity index (χ1n) is 7.12. The number of carbonyl (C=O) groups excluding carboxylic acids is 1. The van der Waals surface area contributed by atoms with Crippen LogP contribution in [0, 0.1) is 0 Å². The molecular formula is C17H17NO. The number of fused-ring (bicyclic) bond motifs is 3. The highest BCUT2D eigenvalue weighted by molar-refractivity contribution is 5.99. The van der Waals surface area contributed by atoms with Gasteiger partial charge in [0.15, 0.2) is 5.78 Å². The standard InChI is InChI=1S/C17H17NO/c19-17-10-13(12-5-2-1-3-6-12)9-16-15(17)11-14-7-4-8-18(14)16/h1-3,5-6,11,13H,4,7-10H2. The van der Waals surface area contributed by atoms with Crippen LogP contribution in [-0.2, 0) is 19.4 Å². The van der Waals surface area contributed by atoms with Gasteiger partial charge in [0.25, 0.3) is 0 Å². The lowest BCUT2D eigenvalue weighted by Gasteiger charge is -2.23. The summed E-state index contributed by atoms with van der Waals surface area (Å²) in [6, 6.07) is 12.6. The third-order valence-corrected chi connectivity index (χ3v) is 4.55. The molecule has 0 saturated carbocycles. The summed E-state index contributed by atoms with van der Waals surface area (Å²) >= 11 is 0. The molecule has 2 aliphatic rings. The van der Waals surface area contributed by atoms with Gasteiger partial charge in [0.1, 0.15) is 0 Å². The molecule has 2 nitrogen and oxygen atoms in total. The maximum atomic E-state index is 12.4. The Balaban J connectivity index is 1.76. The molecule has 1 aromatic heterocycles. The van der Waals surface area contributed by atoms with Gasteiger partial charge in [-0.05, 0) is 36.8 Å². The number of benzene rings is 1. The highest BCUT2D eigenvalue weighted by atomic mass is 16.1. The Morgan fingerprint density at radius 1 is 1.11 bits per heavy atom. The van der Waals surface area contributed by atoms with Crippen molar-refractivity contribution in [2.75, 3.05) is 0 Å². The summed E-state index contributed by atoms with van der Waals surface area (Å²) in [6.07, 6.45) is 4.05. The van der Waals surface area contributed by atoms with E-state index in [0.717, 1.165) is 24.9 Å². The SMILES string of the molecule is O=C1CC(c2ccccc2)Cc2c1cc1n2CCC1. The number of aromatic nitrogens is 1. The summed E-state index contributed by atoms with van der Waals surface area (Å²) in [7, 11) is 0. The normalized spacial score (nSPS) is 21.3. The van der Waals surface area contributed by atoms with E-state index in [0.29, 0.717) is 18.1 Å². The van der Waals surface area contributed by atoms with E-state index >= 15 is 0 Å². The number of hydrogen-bond donors (Lipinski definition) is 0. The van der Waals surface area contributed by atoms with Gasteiger partial charge >= 0.3 is 0 Å². The van der Waals surface area contributed by atoms with Crippen LogP contribution in [0.1, 0.15) is 46.1 Å². The molecule has 1 aliphatic heterocycles. The molecule has 1 atom stereocenters. The Morgan fingerprint density at radius 2 is 1.95 bits per heavy atom. The number of nitrogens with zero attached hydrogens (tertiary/aromatic N) is 1. The lowest BCUT2D eigenvalue weighted by atomic mass is 9.82. The second kappa shape index (κ2) is 4.09. The van der Waals surface area contributed by atoms with Gasteiger partial charge in [0, 0.05) is 29.9 Å². The van der Waals surface area contributed by atoms with E-state index in [4.69, 9.17) is 0 Å². The minimum Gasteiger partial charge on any atom is -0.348 e. The number of ketones is 1. The van der Waals surface area contributed by atoms with Crippen LogP contribution in [0.15, 0.2) is 36.4 Å². The Hall–Kier alpha value is -1.83. The first-order chi connectivity index (χ1) is 9.33. The minimum atomic E-state index is 0.331. The van der Waals surface area contributed by atoms with Gasteiger partial charge in [-0.3, -0.25) is 4.79 Å². The van der Waals surface area contributed by atoms with Gasteiger partial charge in [-0.2, -0.15) is 0 Å². The first kappa shape index (κ1) is 11.0. The molecule has 0 saturated heterocycles.